The first-order valence-corrected chi connectivity index (χ1v) is 7.16. The average molecular weight is 285 g/mol. The van der Waals surface area contributed by atoms with E-state index in [1.165, 1.54) is 16.8 Å². The van der Waals surface area contributed by atoms with E-state index in [1.807, 2.05) is 12.1 Å². The van der Waals surface area contributed by atoms with E-state index in [2.05, 4.69) is 56.0 Å². The van der Waals surface area contributed by atoms with E-state index in [4.69, 9.17) is 9.15 Å². The lowest BCUT2D eigenvalue weighted by molar-refractivity contribution is 0.294. The highest BCUT2D eigenvalue weighted by molar-refractivity contribution is 5.48. The summed E-state index contributed by atoms with van der Waals surface area (Å²) in [6, 6.07) is 12.4. The van der Waals surface area contributed by atoms with Crippen molar-refractivity contribution < 1.29 is 9.15 Å². The molecule has 3 heteroatoms. The molecule has 0 bridgehead atoms. The summed E-state index contributed by atoms with van der Waals surface area (Å²) in [5.74, 6) is 1.45. The molecule has 0 aliphatic rings. The smallest absolute Gasteiger partial charge is 0.284 e. The van der Waals surface area contributed by atoms with Gasteiger partial charge in [0, 0.05) is 18.3 Å². The van der Waals surface area contributed by atoms with Gasteiger partial charge in [-0.1, -0.05) is 29.3 Å². The Kier molecular flexibility index (Phi) is 5.09. The maximum Gasteiger partial charge on any atom is 0.284 e. The molecule has 0 unspecified atom stereocenters. The van der Waals surface area contributed by atoms with Crippen LogP contribution in [0.15, 0.2) is 52.5 Å². The van der Waals surface area contributed by atoms with Gasteiger partial charge in [-0.15, -0.1) is 0 Å². The first kappa shape index (κ1) is 15.2. The molecule has 0 aliphatic heterocycles. The fraction of sp³-hybridized carbons (Fsp3) is 0.333. The molecule has 0 saturated heterocycles. The SMILES string of the molecule is COc1ccc(CN(CC=C(C)C)c2ccc(C)cc2)o1. The molecular weight excluding hydrogens is 262 g/mol. The molecule has 1 aromatic carbocycles. The number of hydrogen-bond donors (Lipinski definition) is 0. The van der Waals surface area contributed by atoms with E-state index in [1.54, 1.807) is 7.11 Å². The zero-order valence-electron chi connectivity index (χ0n) is 13.2. The largest absolute Gasteiger partial charge is 0.468 e. The number of furan rings is 1. The zero-order valence-corrected chi connectivity index (χ0v) is 13.2. The third-order valence-corrected chi connectivity index (χ3v) is 3.30. The van der Waals surface area contributed by atoms with Crippen LogP contribution in [-0.4, -0.2) is 13.7 Å². The zero-order chi connectivity index (χ0) is 15.2. The van der Waals surface area contributed by atoms with E-state index in [9.17, 15) is 0 Å². The van der Waals surface area contributed by atoms with Crippen LogP contribution in [0.3, 0.4) is 0 Å². The minimum atomic E-state index is 0.552. The molecule has 21 heavy (non-hydrogen) atoms. The predicted octanol–water partition coefficient (Wildman–Crippen LogP) is 4.57. The Morgan fingerprint density at radius 2 is 1.86 bits per heavy atom. The van der Waals surface area contributed by atoms with Crippen LogP contribution < -0.4 is 9.64 Å². The Balaban J connectivity index is 2.18. The van der Waals surface area contributed by atoms with Gasteiger partial charge >= 0.3 is 0 Å². The topological polar surface area (TPSA) is 25.6 Å². The van der Waals surface area contributed by atoms with Gasteiger partial charge in [0.25, 0.3) is 5.95 Å². The summed E-state index contributed by atoms with van der Waals surface area (Å²) in [7, 11) is 1.61. The van der Waals surface area contributed by atoms with Gasteiger partial charge in [-0.25, -0.2) is 0 Å². The van der Waals surface area contributed by atoms with Gasteiger partial charge in [0.2, 0.25) is 0 Å². The maximum atomic E-state index is 5.63. The van der Waals surface area contributed by atoms with Gasteiger partial charge in [0.15, 0.2) is 0 Å². The standard InChI is InChI=1S/C18H23NO2/c1-14(2)11-12-19(16-7-5-15(3)6-8-16)13-17-9-10-18(20-4)21-17/h5-11H,12-13H2,1-4H3. The van der Waals surface area contributed by atoms with Crippen LogP contribution in [0.5, 0.6) is 5.95 Å². The monoisotopic (exact) mass is 285 g/mol. The van der Waals surface area contributed by atoms with Crippen molar-refractivity contribution in [3.05, 3.63) is 59.4 Å². The summed E-state index contributed by atoms with van der Waals surface area (Å²) in [5.41, 5.74) is 3.76. The van der Waals surface area contributed by atoms with Crippen molar-refractivity contribution >= 4 is 5.69 Å². The maximum absolute atomic E-state index is 5.63. The van der Waals surface area contributed by atoms with Crippen LogP contribution in [-0.2, 0) is 6.54 Å². The number of ether oxygens (including phenoxy) is 1. The van der Waals surface area contributed by atoms with Gasteiger partial charge in [0.05, 0.1) is 13.7 Å². The van der Waals surface area contributed by atoms with E-state index in [0.717, 1.165) is 18.8 Å². The number of anilines is 1. The molecule has 2 aromatic rings. The molecule has 0 fully saturated rings. The van der Waals surface area contributed by atoms with Crippen molar-refractivity contribution in [3.63, 3.8) is 0 Å². The summed E-state index contributed by atoms with van der Waals surface area (Å²) >= 11 is 0. The molecule has 0 atom stereocenters. The summed E-state index contributed by atoms with van der Waals surface area (Å²) < 4.78 is 10.7. The average Bonchev–Trinajstić information content (AvgIpc) is 2.92. The van der Waals surface area contributed by atoms with Crippen molar-refractivity contribution in [3.8, 4) is 5.95 Å². The van der Waals surface area contributed by atoms with Crippen LogP contribution in [0.1, 0.15) is 25.2 Å². The van der Waals surface area contributed by atoms with E-state index in [-0.39, 0.29) is 0 Å². The van der Waals surface area contributed by atoms with Crippen LogP contribution in [0.4, 0.5) is 5.69 Å². The molecule has 2 rings (SSSR count). The highest BCUT2D eigenvalue weighted by atomic mass is 16.6. The lowest BCUT2D eigenvalue weighted by Gasteiger charge is -2.22. The van der Waals surface area contributed by atoms with Gasteiger partial charge in [-0.3, -0.25) is 0 Å². The second-order valence-corrected chi connectivity index (χ2v) is 5.42. The molecule has 0 radical (unpaired) electrons. The lowest BCUT2D eigenvalue weighted by Crippen LogP contribution is -2.22. The van der Waals surface area contributed by atoms with Gasteiger partial charge in [-0.2, -0.15) is 0 Å². The summed E-state index contributed by atoms with van der Waals surface area (Å²) in [4.78, 5) is 2.28. The Morgan fingerprint density at radius 1 is 1.14 bits per heavy atom. The van der Waals surface area contributed by atoms with Crippen LogP contribution in [0.2, 0.25) is 0 Å². The fourth-order valence-electron chi connectivity index (χ4n) is 2.05. The van der Waals surface area contributed by atoms with Crippen LogP contribution in [0.25, 0.3) is 0 Å². The van der Waals surface area contributed by atoms with Crippen LogP contribution in [0, 0.1) is 6.92 Å². The molecule has 0 aliphatic carbocycles. The number of hydrogen-bond acceptors (Lipinski definition) is 3. The van der Waals surface area contributed by atoms with Crippen LogP contribution >= 0.6 is 0 Å². The summed E-state index contributed by atoms with van der Waals surface area (Å²) in [6.45, 7) is 7.90. The van der Waals surface area contributed by atoms with Crippen molar-refractivity contribution in [1.82, 2.24) is 0 Å². The number of rotatable bonds is 6. The number of methoxy groups -OCH3 is 1. The number of benzene rings is 1. The molecule has 1 heterocycles. The number of allylic oxidation sites excluding steroid dienone is 1. The third-order valence-electron chi connectivity index (χ3n) is 3.30. The first-order valence-electron chi connectivity index (χ1n) is 7.16. The highest BCUT2D eigenvalue weighted by Crippen LogP contribution is 2.21. The minimum absolute atomic E-state index is 0.552. The molecular formula is C18H23NO2. The normalized spacial score (nSPS) is 10.3. The van der Waals surface area contributed by atoms with E-state index in [0.29, 0.717) is 5.95 Å². The third kappa shape index (κ3) is 4.42. The summed E-state index contributed by atoms with van der Waals surface area (Å²) in [5, 5.41) is 0. The number of nitrogens with zero attached hydrogens (tertiary/aromatic N) is 1. The second kappa shape index (κ2) is 7.02. The van der Waals surface area contributed by atoms with Gasteiger partial charge in [0.1, 0.15) is 5.76 Å². The van der Waals surface area contributed by atoms with Gasteiger partial charge in [-0.05, 0) is 39.0 Å². The Hall–Kier alpha value is -2.16. The quantitative estimate of drug-likeness (QED) is 0.727. The van der Waals surface area contributed by atoms with E-state index < -0.39 is 0 Å². The van der Waals surface area contributed by atoms with Gasteiger partial charge < -0.3 is 14.1 Å². The van der Waals surface area contributed by atoms with Crippen molar-refractivity contribution in [2.75, 3.05) is 18.6 Å². The Morgan fingerprint density at radius 3 is 2.43 bits per heavy atom. The first-order chi connectivity index (χ1) is 10.1. The number of aryl methyl sites for hydroxylation is 1. The molecule has 0 saturated carbocycles. The Labute approximate surface area is 126 Å². The molecule has 0 amide bonds. The molecule has 0 spiro atoms. The second-order valence-electron chi connectivity index (χ2n) is 5.42. The molecule has 0 N–H and O–H groups in total. The Bertz CT molecular complexity index is 592. The fourth-order valence-corrected chi connectivity index (χ4v) is 2.05. The summed E-state index contributed by atoms with van der Waals surface area (Å²) in [6.07, 6.45) is 2.22. The predicted molar refractivity (Wildman–Crippen MR) is 86.9 cm³/mol. The molecule has 112 valence electrons. The van der Waals surface area contributed by atoms with Crippen molar-refractivity contribution in [2.45, 2.75) is 27.3 Å². The lowest BCUT2D eigenvalue weighted by atomic mass is 10.2. The van der Waals surface area contributed by atoms with Crippen molar-refractivity contribution in [2.24, 2.45) is 0 Å². The highest BCUT2D eigenvalue weighted by Gasteiger charge is 2.09. The minimum Gasteiger partial charge on any atom is -0.468 e. The molecule has 1 aromatic heterocycles. The van der Waals surface area contributed by atoms with Crippen molar-refractivity contribution in [1.29, 1.82) is 0 Å². The molecule has 3 nitrogen and oxygen atoms in total. The van der Waals surface area contributed by atoms with E-state index >= 15 is 0 Å².